The quantitative estimate of drug-likeness (QED) is 0.815. The van der Waals surface area contributed by atoms with Gasteiger partial charge in [0, 0.05) is 30.2 Å². The Bertz CT molecular complexity index is 703. The number of hydrogen-bond donors (Lipinski definition) is 2. The monoisotopic (exact) mass is 329 g/mol. The van der Waals surface area contributed by atoms with Gasteiger partial charge in [-0.25, -0.2) is 0 Å². The van der Waals surface area contributed by atoms with E-state index in [1.54, 1.807) is 12.1 Å². The minimum absolute atomic E-state index is 0.116. The normalized spacial score (nSPS) is 14.6. The predicted octanol–water partition coefficient (Wildman–Crippen LogP) is 2.75. The molecule has 0 radical (unpaired) electrons. The highest BCUT2D eigenvalue weighted by atomic mass is 16.5. The molecule has 1 heterocycles. The number of aliphatic hydroxyl groups is 1. The van der Waals surface area contributed by atoms with Gasteiger partial charge in [0.1, 0.15) is 0 Å². The van der Waals surface area contributed by atoms with Crippen LogP contribution in [0.4, 0.5) is 0 Å². The Hall–Kier alpha value is -2.21. The van der Waals surface area contributed by atoms with Crippen molar-refractivity contribution >= 4 is 5.91 Å². The number of nitrogens with zero attached hydrogens (tertiary/aromatic N) is 2. The molecule has 1 aliphatic carbocycles. The lowest BCUT2D eigenvalue weighted by Gasteiger charge is -2.23. The Morgan fingerprint density at radius 2 is 2.04 bits per heavy atom. The van der Waals surface area contributed by atoms with Crippen LogP contribution < -0.4 is 5.32 Å². The van der Waals surface area contributed by atoms with Crippen molar-refractivity contribution in [3.05, 3.63) is 35.7 Å². The van der Waals surface area contributed by atoms with Crippen LogP contribution in [0.25, 0.3) is 11.5 Å². The van der Waals surface area contributed by atoms with Crippen molar-refractivity contribution in [3.63, 3.8) is 0 Å². The summed E-state index contributed by atoms with van der Waals surface area (Å²) in [6, 6.07) is 7.14. The zero-order valence-corrected chi connectivity index (χ0v) is 14.1. The smallest absolute Gasteiger partial charge is 0.257 e. The van der Waals surface area contributed by atoms with E-state index in [-0.39, 0.29) is 17.9 Å². The van der Waals surface area contributed by atoms with Gasteiger partial charge in [0.15, 0.2) is 5.82 Å². The summed E-state index contributed by atoms with van der Waals surface area (Å²) in [6.07, 6.45) is 2.90. The molecule has 2 N–H and O–H groups in total. The number of amides is 1. The number of benzene rings is 1. The Morgan fingerprint density at radius 1 is 1.33 bits per heavy atom. The van der Waals surface area contributed by atoms with Gasteiger partial charge in [-0.15, -0.1) is 0 Å². The van der Waals surface area contributed by atoms with Gasteiger partial charge in [-0.05, 0) is 48.9 Å². The van der Waals surface area contributed by atoms with Crippen molar-refractivity contribution in [2.45, 2.75) is 39.0 Å². The van der Waals surface area contributed by atoms with Crippen molar-refractivity contribution < 1.29 is 14.4 Å². The first-order valence-electron chi connectivity index (χ1n) is 8.32. The first kappa shape index (κ1) is 16.6. The standard InChI is InChI=1S/C18H23N3O3/c1-18(2,9-10-22)11-19-16(23)13-5-7-14(8-6-13)17-20-15(21-24-17)12-3-4-12/h5-8,12,22H,3-4,9-11H2,1-2H3,(H,19,23). The highest BCUT2D eigenvalue weighted by Crippen LogP contribution is 2.38. The SMILES string of the molecule is CC(C)(CCO)CNC(=O)c1ccc(-c2nc(C3CC3)no2)cc1. The molecule has 24 heavy (non-hydrogen) atoms. The van der Waals surface area contributed by atoms with Crippen molar-refractivity contribution in [1.29, 1.82) is 0 Å². The number of carbonyl (C=O) groups excluding carboxylic acids is 1. The molecule has 1 fully saturated rings. The zero-order chi connectivity index (χ0) is 17.2. The van der Waals surface area contributed by atoms with E-state index in [0.29, 0.717) is 30.3 Å². The third kappa shape index (κ3) is 4.00. The van der Waals surface area contributed by atoms with Gasteiger partial charge in [-0.2, -0.15) is 4.98 Å². The van der Waals surface area contributed by atoms with E-state index in [0.717, 1.165) is 24.2 Å². The molecule has 1 aromatic carbocycles. The Morgan fingerprint density at radius 3 is 2.67 bits per heavy atom. The topological polar surface area (TPSA) is 88.2 Å². The van der Waals surface area contributed by atoms with E-state index < -0.39 is 0 Å². The van der Waals surface area contributed by atoms with Gasteiger partial charge in [-0.3, -0.25) is 4.79 Å². The summed E-state index contributed by atoms with van der Waals surface area (Å²) in [4.78, 5) is 16.6. The molecule has 0 saturated heterocycles. The second-order valence-corrected chi connectivity index (χ2v) is 7.13. The summed E-state index contributed by atoms with van der Waals surface area (Å²) in [6.45, 7) is 4.66. The molecule has 6 heteroatoms. The summed E-state index contributed by atoms with van der Waals surface area (Å²) in [5.74, 6) is 1.59. The molecule has 2 aromatic rings. The summed E-state index contributed by atoms with van der Waals surface area (Å²) in [5, 5.41) is 15.9. The molecule has 0 spiro atoms. The summed E-state index contributed by atoms with van der Waals surface area (Å²) >= 11 is 0. The Labute approximate surface area is 141 Å². The van der Waals surface area contributed by atoms with Crippen LogP contribution in [0.5, 0.6) is 0 Å². The third-order valence-electron chi connectivity index (χ3n) is 4.29. The van der Waals surface area contributed by atoms with E-state index in [4.69, 9.17) is 9.63 Å². The molecule has 6 nitrogen and oxygen atoms in total. The molecule has 3 rings (SSSR count). The molecule has 1 aliphatic rings. The highest BCUT2D eigenvalue weighted by molar-refractivity contribution is 5.94. The van der Waals surface area contributed by atoms with Crippen molar-refractivity contribution in [3.8, 4) is 11.5 Å². The fourth-order valence-corrected chi connectivity index (χ4v) is 2.44. The van der Waals surface area contributed by atoms with Crippen LogP contribution in [0.15, 0.2) is 28.8 Å². The number of nitrogens with one attached hydrogen (secondary N) is 1. The van der Waals surface area contributed by atoms with Gasteiger partial charge in [0.2, 0.25) is 0 Å². The van der Waals surface area contributed by atoms with Crippen LogP contribution in [-0.4, -0.2) is 34.3 Å². The van der Waals surface area contributed by atoms with Gasteiger partial charge in [-0.1, -0.05) is 19.0 Å². The van der Waals surface area contributed by atoms with Crippen LogP contribution in [0.3, 0.4) is 0 Å². The lowest BCUT2D eigenvalue weighted by Crippen LogP contribution is -2.34. The lowest BCUT2D eigenvalue weighted by atomic mass is 9.89. The Kier molecular flexibility index (Phi) is 4.66. The second kappa shape index (κ2) is 6.73. The molecular formula is C18H23N3O3. The van der Waals surface area contributed by atoms with Crippen molar-refractivity contribution in [2.75, 3.05) is 13.2 Å². The van der Waals surface area contributed by atoms with Crippen LogP contribution >= 0.6 is 0 Å². The summed E-state index contributed by atoms with van der Waals surface area (Å²) in [5.41, 5.74) is 1.26. The maximum atomic E-state index is 12.2. The Balaban J connectivity index is 1.61. The average molecular weight is 329 g/mol. The van der Waals surface area contributed by atoms with Crippen molar-refractivity contribution in [2.24, 2.45) is 5.41 Å². The fourth-order valence-electron chi connectivity index (χ4n) is 2.44. The molecule has 0 bridgehead atoms. The van der Waals surface area contributed by atoms with Gasteiger partial charge in [0.25, 0.3) is 11.8 Å². The number of aliphatic hydroxyl groups excluding tert-OH is 1. The predicted molar refractivity (Wildman–Crippen MR) is 89.5 cm³/mol. The molecule has 0 atom stereocenters. The van der Waals surface area contributed by atoms with Crippen molar-refractivity contribution in [1.82, 2.24) is 15.5 Å². The number of rotatable bonds is 7. The second-order valence-electron chi connectivity index (χ2n) is 7.13. The molecule has 1 amide bonds. The van der Waals surface area contributed by atoms with Crippen LogP contribution in [-0.2, 0) is 0 Å². The maximum Gasteiger partial charge on any atom is 0.257 e. The molecule has 1 saturated carbocycles. The largest absolute Gasteiger partial charge is 0.396 e. The summed E-state index contributed by atoms with van der Waals surface area (Å²) in [7, 11) is 0. The number of aromatic nitrogens is 2. The van der Waals surface area contributed by atoms with Gasteiger partial charge in [0.05, 0.1) is 0 Å². The molecular weight excluding hydrogens is 306 g/mol. The molecule has 0 aliphatic heterocycles. The molecule has 0 unspecified atom stereocenters. The van der Waals surface area contributed by atoms with Gasteiger partial charge >= 0.3 is 0 Å². The molecule has 1 aromatic heterocycles. The van der Waals surface area contributed by atoms with E-state index in [1.807, 2.05) is 26.0 Å². The minimum Gasteiger partial charge on any atom is -0.396 e. The third-order valence-corrected chi connectivity index (χ3v) is 4.29. The number of hydrogen-bond acceptors (Lipinski definition) is 5. The fraction of sp³-hybridized carbons (Fsp3) is 0.500. The highest BCUT2D eigenvalue weighted by Gasteiger charge is 2.29. The van der Waals surface area contributed by atoms with Crippen LogP contribution in [0.1, 0.15) is 55.2 Å². The minimum atomic E-state index is -0.132. The van der Waals surface area contributed by atoms with E-state index in [9.17, 15) is 4.79 Å². The zero-order valence-electron chi connectivity index (χ0n) is 14.1. The van der Waals surface area contributed by atoms with Gasteiger partial charge < -0.3 is 14.9 Å². The first-order chi connectivity index (χ1) is 11.5. The van der Waals surface area contributed by atoms with E-state index in [1.165, 1.54) is 0 Å². The first-order valence-corrected chi connectivity index (χ1v) is 8.32. The average Bonchev–Trinajstić information content (AvgIpc) is 3.30. The number of carbonyl (C=O) groups is 1. The van der Waals surface area contributed by atoms with E-state index in [2.05, 4.69) is 15.5 Å². The maximum absolute atomic E-state index is 12.2. The van der Waals surface area contributed by atoms with Crippen LogP contribution in [0.2, 0.25) is 0 Å². The lowest BCUT2D eigenvalue weighted by molar-refractivity contribution is 0.0928. The summed E-state index contributed by atoms with van der Waals surface area (Å²) < 4.78 is 5.29. The van der Waals surface area contributed by atoms with E-state index >= 15 is 0 Å². The molecule has 128 valence electrons. The van der Waals surface area contributed by atoms with Crippen LogP contribution in [0, 0.1) is 5.41 Å².